The van der Waals surface area contributed by atoms with Crippen molar-refractivity contribution < 1.29 is 31.9 Å². The molecule has 37 heavy (non-hydrogen) atoms. The minimum Gasteiger partial charge on any atom is -0.461 e. The van der Waals surface area contributed by atoms with Crippen molar-refractivity contribution in [1.29, 1.82) is 0 Å². The third-order valence-corrected chi connectivity index (χ3v) is 5.96. The van der Waals surface area contributed by atoms with Crippen LogP contribution in [0.15, 0.2) is 53.0 Å². The van der Waals surface area contributed by atoms with Gasteiger partial charge in [0.15, 0.2) is 5.69 Å². The average molecular weight is 579 g/mol. The Morgan fingerprint density at radius 2 is 1.81 bits per heavy atom. The number of amides is 1. The number of aromatic nitrogens is 3. The van der Waals surface area contributed by atoms with Crippen molar-refractivity contribution in [3.63, 3.8) is 0 Å². The molecule has 2 heterocycles. The van der Waals surface area contributed by atoms with Crippen molar-refractivity contribution >= 4 is 44.4 Å². The van der Waals surface area contributed by atoms with Crippen LogP contribution in [0.5, 0.6) is 0 Å². The Balaban J connectivity index is 1.79. The molecule has 0 aliphatic carbocycles. The number of benzene rings is 2. The molecular weight excluding hydrogens is 560 g/mol. The van der Waals surface area contributed by atoms with Gasteiger partial charge in [0, 0.05) is 9.86 Å². The van der Waals surface area contributed by atoms with Crippen LogP contribution in [-0.4, -0.2) is 33.2 Å². The number of esters is 1. The van der Waals surface area contributed by atoms with E-state index in [9.17, 15) is 27.2 Å². The summed E-state index contributed by atoms with van der Waals surface area (Å²) < 4.78 is 60.9. The van der Waals surface area contributed by atoms with Gasteiger partial charge in [-0.25, -0.2) is 14.2 Å². The number of carbonyl (C=O) groups excluding carboxylic acids is 2. The number of carbonyl (C=O) groups is 2. The number of fused-ring (bicyclic) bond motifs is 1. The molecule has 0 spiro atoms. The summed E-state index contributed by atoms with van der Waals surface area (Å²) in [5.74, 6) is -2.14. The van der Waals surface area contributed by atoms with Crippen molar-refractivity contribution in [2.45, 2.75) is 26.6 Å². The van der Waals surface area contributed by atoms with Crippen LogP contribution in [0.4, 0.5) is 23.2 Å². The Hall–Kier alpha value is -3.80. The molecule has 2 aromatic heterocycles. The molecule has 1 amide bonds. The lowest BCUT2D eigenvalue weighted by molar-refractivity contribution is -0.141. The molecule has 0 aliphatic rings. The maximum Gasteiger partial charge on any atom is 0.433 e. The third-order valence-electron chi connectivity index (χ3n) is 5.47. The minimum atomic E-state index is -4.79. The maximum absolute atomic E-state index is 13.5. The normalized spacial score (nSPS) is 11.5. The van der Waals surface area contributed by atoms with Gasteiger partial charge < -0.3 is 10.1 Å². The number of anilines is 1. The van der Waals surface area contributed by atoms with Crippen LogP contribution < -0.4 is 5.32 Å². The Labute approximate surface area is 216 Å². The van der Waals surface area contributed by atoms with Gasteiger partial charge in [-0.05, 0) is 55.8 Å². The SMILES string of the molecule is CCOC(=O)c1nn(Cc2ccc(F)cc2)c(C)c1NC(=O)c1cc(C(F)(F)F)nc2ccc(Br)cc12. The Morgan fingerprint density at radius 3 is 2.46 bits per heavy atom. The van der Waals surface area contributed by atoms with Gasteiger partial charge in [-0.3, -0.25) is 9.48 Å². The second-order valence-electron chi connectivity index (χ2n) is 7.98. The fraction of sp³-hybridized carbons (Fsp3) is 0.200. The number of nitrogens with one attached hydrogen (secondary N) is 1. The van der Waals surface area contributed by atoms with E-state index in [1.54, 1.807) is 26.0 Å². The number of rotatable bonds is 6. The van der Waals surface area contributed by atoms with Crippen LogP contribution >= 0.6 is 15.9 Å². The number of hydrogen-bond acceptors (Lipinski definition) is 5. The smallest absolute Gasteiger partial charge is 0.433 e. The summed E-state index contributed by atoms with van der Waals surface area (Å²) in [6.07, 6.45) is -4.79. The summed E-state index contributed by atoms with van der Waals surface area (Å²) in [4.78, 5) is 29.6. The van der Waals surface area contributed by atoms with Crippen molar-refractivity contribution in [3.05, 3.63) is 87.0 Å². The largest absolute Gasteiger partial charge is 0.461 e. The van der Waals surface area contributed by atoms with Gasteiger partial charge in [0.25, 0.3) is 5.91 Å². The molecule has 0 bridgehead atoms. The van der Waals surface area contributed by atoms with Crippen molar-refractivity contribution in [2.75, 3.05) is 11.9 Å². The molecule has 4 rings (SSSR count). The number of hydrogen-bond donors (Lipinski definition) is 1. The van der Waals surface area contributed by atoms with Gasteiger partial charge in [0.05, 0.1) is 35.6 Å². The topological polar surface area (TPSA) is 86.1 Å². The van der Waals surface area contributed by atoms with E-state index in [-0.39, 0.29) is 41.0 Å². The Bertz CT molecular complexity index is 1500. The molecule has 1 N–H and O–H groups in total. The van der Waals surface area contributed by atoms with Gasteiger partial charge in [-0.15, -0.1) is 0 Å². The zero-order chi connectivity index (χ0) is 26.9. The summed E-state index contributed by atoms with van der Waals surface area (Å²) in [5, 5.41) is 6.98. The van der Waals surface area contributed by atoms with Crippen LogP contribution in [-0.2, 0) is 17.5 Å². The number of alkyl halides is 3. The number of ether oxygens (including phenoxy) is 1. The Kier molecular flexibility index (Phi) is 7.30. The van der Waals surface area contributed by atoms with E-state index in [4.69, 9.17) is 4.74 Å². The highest BCUT2D eigenvalue weighted by molar-refractivity contribution is 9.10. The van der Waals surface area contributed by atoms with E-state index in [0.29, 0.717) is 21.8 Å². The number of nitrogens with zero attached hydrogens (tertiary/aromatic N) is 3. The van der Waals surface area contributed by atoms with Crippen LogP contribution in [0.3, 0.4) is 0 Å². The Morgan fingerprint density at radius 1 is 1.11 bits per heavy atom. The van der Waals surface area contributed by atoms with E-state index >= 15 is 0 Å². The monoisotopic (exact) mass is 578 g/mol. The first-order chi connectivity index (χ1) is 17.5. The molecule has 0 fully saturated rings. The first kappa shape index (κ1) is 26.3. The molecule has 0 radical (unpaired) electrons. The molecule has 7 nitrogen and oxygen atoms in total. The number of pyridine rings is 1. The summed E-state index contributed by atoms with van der Waals surface area (Å²) in [6.45, 7) is 3.35. The highest BCUT2D eigenvalue weighted by Gasteiger charge is 2.34. The molecule has 2 aromatic carbocycles. The molecule has 12 heteroatoms. The van der Waals surface area contributed by atoms with Crippen molar-refractivity contribution in [3.8, 4) is 0 Å². The van der Waals surface area contributed by atoms with Gasteiger partial charge in [-0.2, -0.15) is 18.3 Å². The van der Waals surface area contributed by atoms with E-state index in [0.717, 1.165) is 0 Å². The molecule has 0 unspecified atom stereocenters. The second kappa shape index (κ2) is 10.3. The van der Waals surface area contributed by atoms with E-state index in [1.165, 1.54) is 35.0 Å². The van der Waals surface area contributed by atoms with Gasteiger partial charge >= 0.3 is 12.1 Å². The first-order valence-corrected chi connectivity index (χ1v) is 11.7. The summed E-state index contributed by atoms with van der Waals surface area (Å²) >= 11 is 3.26. The van der Waals surface area contributed by atoms with E-state index < -0.39 is 29.6 Å². The lowest BCUT2D eigenvalue weighted by atomic mass is 10.1. The maximum atomic E-state index is 13.5. The zero-order valence-electron chi connectivity index (χ0n) is 19.5. The highest BCUT2D eigenvalue weighted by atomic mass is 79.9. The van der Waals surface area contributed by atoms with Crippen LogP contribution in [0, 0.1) is 12.7 Å². The average Bonchev–Trinajstić information content (AvgIpc) is 3.14. The van der Waals surface area contributed by atoms with Crippen molar-refractivity contribution in [1.82, 2.24) is 14.8 Å². The summed E-state index contributed by atoms with van der Waals surface area (Å²) in [5.41, 5.74) is -0.778. The van der Waals surface area contributed by atoms with Gasteiger partial charge in [0.1, 0.15) is 11.5 Å². The second-order valence-corrected chi connectivity index (χ2v) is 8.90. The molecular formula is C25H19BrF4N4O3. The third kappa shape index (κ3) is 5.63. The number of halogens is 5. The molecule has 0 atom stereocenters. The summed E-state index contributed by atoms with van der Waals surface area (Å²) in [7, 11) is 0. The van der Waals surface area contributed by atoms with Gasteiger partial charge in [-0.1, -0.05) is 28.1 Å². The predicted octanol–water partition coefficient (Wildman–Crippen LogP) is 6.14. The van der Waals surface area contributed by atoms with Crippen molar-refractivity contribution in [2.24, 2.45) is 0 Å². The van der Waals surface area contributed by atoms with Gasteiger partial charge in [0.2, 0.25) is 0 Å². The molecule has 192 valence electrons. The molecule has 0 aliphatic heterocycles. The molecule has 4 aromatic rings. The first-order valence-electron chi connectivity index (χ1n) is 11.0. The minimum absolute atomic E-state index is 0.0147. The van der Waals surface area contributed by atoms with Crippen LogP contribution in [0.2, 0.25) is 0 Å². The standard InChI is InChI=1S/C25H19BrF4N4O3/c1-3-37-24(36)22-21(13(2)34(33-22)12-14-4-7-16(27)8-5-14)32-23(35)18-11-20(25(28,29)30)31-19-9-6-15(26)10-17(18)19/h4-11H,3,12H2,1-2H3,(H,32,35). The van der Waals surface area contributed by atoms with E-state index in [1.807, 2.05) is 0 Å². The fourth-order valence-electron chi connectivity index (χ4n) is 3.67. The zero-order valence-corrected chi connectivity index (χ0v) is 21.1. The molecule has 0 saturated heterocycles. The molecule has 0 saturated carbocycles. The lowest BCUT2D eigenvalue weighted by Crippen LogP contribution is -2.18. The quantitative estimate of drug-likeness (QED) is 0.219. The lowest BCUT2D eigenvalue weighted by Gasteiger charge is -2.13. The highest BCUT2D eigenvalue weighted by Crippen LogP contribution is 2.33. The fourth-order valence-corrected chi connectivity index (χ4v) is 4.03. The predicted molar refractivity (Wildman–Crippen MR) is 131 cm³/mol. The van der Waals surface area contributed by atoms with Crippen LogP contribution in [0.25, 0.3) is 10.9 Å². The van der Waals surface area contributed by atoms with Crippen LogP contribution in [0.1, 0.15) is 44.7 Å². The van der Waals surface area contributed by atoms with E-state index in [2.05, 4.69) is 31.3 Å². The summed E-state index contributed by atoms with van der Waals surface area (Å²) in [6, 6.07) is 10.6.